The van der Waals surface area contributed by atoms with Gasteiger partial charge in [0.05, 0.1) is 16.8 Å². The minimum absolute atomic E-state index is 0.361. The molecule has 0 aliphatic carbocycles. The highest BCUT2D eigenvalue weighted by Crippen LogP contribution is 2.41. The SMILES string of the molecule is C#Cc1ncc(-c2c(-c3cc[c]cc3)c3c(N)ncnc3n2C)c(C)n1. The molecule has 4 rings (SSSR count). The van der Waals surface area contributed by atoms with E-state index in [-0.39, 0.29) is 0 Å². The highest BCUT2D eigenvalue weighted by Gasteiger charge is 2.23. The van der Waals surface area contributed by atoms with Crippen molar-refractivity contribution in [3.63, 3.8) is 0 Å². The molecule has 0 aliphatic rings. The molecule has 0 saturated heterocycles. The van der Waals surface area contributed by atoms with E-state index in [2.05, 4.69) is 31.9 Å². The summed E-state index contributed by atoms with van der Waals surface area (Å²) in [7, 11) is 1.94. The molecule has 4 aromatic rings. The lowest BCUT2D eigenvalue weighted by Gasteiger charge is -2.10. The molecule has 0 bridgehead atoms. The largest absolute Gasteiger partial charge is 0.383 e. The van der Waals surface area contributed by atoms with E-state index in [1.165, 1.54) is 6.33 Å². The number of rotatable bonds is 2. The van der Waals surface area contributed by atoms with E-state index >= 15 is 0 Å². The summed E-state index contributed by atoms with van der Waals surface area (Å²) in [4.78, 5) is 17.3. The van der Waals surface area contributed by atoms with Crippen LogP contribution in [0.25, 0.3) is 33.4 Å². The monoisotopic (exact) mass is 339 g/mol. The summed E-state index contributed by atoms with van der Waals surface area (Å²) in [6.07, 6.45) is 8.63. The minimum Gasteiger partial charge on any atom is -0.383 e. The molecule has 3 aromatic heterocycles. The van der Waals surface area contributed by atoms with Crippen molar-refractivity contribution in [2.24, 2.45) is 7.05 Å². The van der Waals surface area contributed by atoms with E-state index in [1.54, 1.807) is 6.20 Å². The number of fused-ring (bicyclic) bond motifs is 1. The smallest absolute Gasteiger partial charge is 0.204 e. The predicted molar refractivity (Wildman–Crippen MR) is 101 cm³/mol. The molecule has 0 unspecified atom stereocenters. The zero-order valence-electron chi connectivity index (χ0n) is 14.4. The van der Waals surface area contributed by atoms with Gasteiger partial charge in [0.25, 0.3) is 0 Å². The topological polar surface area (TPSA) is 82.5 Å². The first kappa shape index (κ1) is 15.8. The van der Waals surface area contributed by atoms with E-state index in [4.69, 9.17) is 12.2 Å². The molecule has 0 amide bonds. The van der Waals surface area contributed by atoms with E-state index in [1.807, 2.05) is 42.8 Å². The van der Waals surface area contributed by atoms with Crippen LogP contribution in [0, 0.1) is 25.3 Å². The van der Waals surface area contributed by atoms with Crippen LogP contribution in [-0.4, -0.2) is 24.5 Å². The maximum absolute atomic E-state index is 6.21. The van der Waals surface area contributed by atoms with E-state index in [0.717, 1.165) is 39.1 Å². The van der Waals surface area contributed by atoms with Crippen LogP contribution in [0.15, 0.2) is 36.8 Å². The van der Waals surface area contributed by atoms with Gasteiger partial charge in [0.2, 0.25) is 5.82 Å². The van der Waals surface area contributed by atoms with Crippen LogP contribution >= 0.6 is 0 Å². The average molecular weight is 339 g/mol. The highest BCUT2D eigenvalue weighted by molar-refractivity contribution is 6.07. The number of anilines is 1. The second kappa shape index (κ2) is 5.97. The Labute approximate surface area is 150 Å². The molecule has 0 aliphatic heterocycles. The number of aromatic nitrogens is 5. The van der Waals surface area contributed by atoms with Crippen molar-refractivity contribution in [3.8, 4) is 34.7 Å². The molecule has 3 heterocycles. The number of benzene rings is 1. The average Bonchev–Trinajstić information content (AvgIpc) is 2.96. The third-order valence-electron chi connectivity index (χ3n) is 4.37. The van der Waals surface area contributed by atoms with E-state index in [9.17, 15) is 0 Å². The van der Waals surface area contributed by atoms with Gasteiger partial charge in [-0.15, -0.1) is 6.42 Å². The standard InChI is InChI=1S/C20H15N6/c1-4-15-22-10-14(12(2)25-15)18-16(13-8-6-5-7-9-13)17-19(21)23-11-24-20(17)26(18)3/h1,6-11H,2-3H3,(H2,21,23,24). The Morgan fingerprint density at radius 1 is 1.19 bits per heavy atom. The van der Waals surface area contributed by atoms with Crippen LogP contribution in [0.5, 0.6) is 0 Å². The van der Waals surface area contributed by atoms with Crippen LogP contribution < -0.4 is 5.73 Å². The molecule has 1 aromatic carbocycles. The third kappa shape index (κ3) is 2.30. The molecular weight excluding hydrogens is 324 g/mol. The van der Waals surface area contributed by atoms with Gasteiger partial charge in [-0.1, -0.05) is 24.3 Å². The Hall–Kier alpha value is -3.72. The van der Waals surface area contributed by atoms with Crippen LogP contribution in [0.3, 0.4) is 0 Å². The molecule has 6 heteroatoms. The Bertz CT molecular complexity index is 1170. The van der Waals surface area contributed by atoms with Gasteiger partial charge in [0.1, 0.15) is 17.8 Å². The minimum atomic E-state index is 0.361. The number of terminal acetylenes is 1. The predicted octanol–water partition coefficient (Wildman–Crippen LogP) is 2.76. The summed E-state index contributed by atoms with van der Waals surface area (Å²) < 4.78 is 1.99. The van der Waals surface area contributed by atoms with Gasteiger partial charge in [0, 0.05) is 24.4 Å². The normalized spacial score (nSPS) is 10.8. The zero-order chi connectivity index (χ0) is 18.3. The zero-order valence-corrected chi connectivity index (χ0v) is 14.4. The van der Waals surface area contributed by atoms with Crippen molar-refractivity contribution in [1.29, 1.82) is 0 Å². The Morgan fingerprint density at radius 2 is 1.96 bits per heavy atom. The fourth-order valence-electron chi connectivity index (χ4n) is 3.19. The van der Waals surface area contributed by atoms with E-state index < -0.39 is 0 Å². The van der Waals surface area contributed by atoms with Crippen LogP contribution in [-0.2, 0) is 7.05 Å². The Morgan fingerprint density at radius 3 is 2.65 bits per heavy atom. The van der Waals surface area contributed by atoms with Crippen molar-refractivity contribution in [3.05, 3.63) is 54.4 Å². The van der Waals surface area contributed by atoms with Gasteiger partial charge in [-0.2, -0.15) is 0 Å². The number of nitrogen functional groups attached to an aromatic ring is 1. The molecule has 6 nitrogen and oxygen atoms in total. The molecule has 0 spiro atoms. The molecule has 0 saturated carbocycles. The van der Waals surface area contributed by atoms with Gasteiger partial charge in [0.15, 0.2) is 0 Å². The Kier molecular flexibility index (Phi) is 3.63. The van der Waals surface area contributed by atoms with Crippen molar-refractivity contribution in [1.82, 2.24) is 24.5 Å². The summed E-state index contributed by atoms with van der Waals surface area (Å²) in [5.74, 6) is 3.26. The molecule has 26 heavy (non-hydrogen) atoms. The number of nitrogens with two attached hydrogens (primary N) is 1. The van der Waals surface area contributed by atoms with Crippen molar-refractivity contribution in [2.45, 2.75) is 6.92 Å². The molecule has 0 fully saturated rings. The molecule has 125 valence electrons. The second-order valence-corrected chi connectivity index (χ2v) is 5.87. The summed E-state index contributed by atoms with van der Waals surface area (Å²) in [5, 5.41) is 0.802. The summed E-state index contributed by atoms with van der Waals surface area (Å²) in [6, 6.07) is 10.7. The molecular formula is C20H15N6. The number of hydrogen-bond donors (Lipinski definition) is 1. The van der Waals surface area contributed by atoms with Crippen LogP contribution in [0.1, 0.15) is 11.5 Å². The fourth-order valence-corrected chi connectivity index (χ4v) is 3.19. The van der Waals surface area contributed by atoms with Crippen molar-refractivity contribution >= 4 is 16.9 Å². The lowest BCUT2D eigenvalue weighted by Crippen LogP contribution is -2.00. The lowest BCUT2D eigenvalue weighted by atomic mass is 9.99. The van der Waals surface area contributed by atoms with Crippen LogP contribution in [0.4, 0.5) is 5.82 Å². The fraction of sp³-hybridized carbons (Fsp3) is 0.100. The quantitative estimate of drug-likeness (QED) is 0.568. The Balaban J connectivity index is 2.15. The summed E-state index contributed by atoms with van der Waals surface area (Å²) in [5.41, 5.74) is 11.5. The van der Waals surface area contributed by atoms with Gasteiger partial charge >= 0.3 is 0 Å². The third-order valence-corrected chi connectivity index (χ3v) is 4.37. The highest BCUT2D eigenvalue weighted by atomic mass is 15.1. The second-order valence-electron chi connectivity index (χ2n) is 5.87. The van der Waals surface area contributed by atoms with Gasteiger partial charge < -0.3 is 10.3 Å². The van der Waals surface area contributed by atoms with Gasteiger partial charge in [-0.25, -0.2) is 19.9 Å². The van der Waals surface area contributed by atoms with Crippen LogP contribution in [0.2, 0.25) is 0 Å². The first-order valence-corrected chi connectivity index (χ1v) is 7.97. The molecule has 2 N–H and O–H groups in total. The maximum atomic E-state index is 6.21. The van der Waals surface area contributed by atoms with Gasteiger partial charge in [-0.3, -0.25) is 0 Å². The summed E-state index contributed by atoms with van der Waals surface area (Å²) >= 11 is 0. The summed E-state index contributed by atoms with van der Waals surface area (Å²) in [6.45, 7) is 1.91. The van der Waals surface area contributed by atoms with Crippen molar-refractivity contribution < 1.29 is 0 Å². The maximum Gasteiger partial charge on any atom is 0.204 e. The first-order chi connectivity index (χ1) is 12.6. The lowest BCUT2D eigenvalue weighted by molar-refractivity contribution is 0.944. The molecule has 0 atom stereocenters. The number of nitrogens with zero attached hydrogens (tertiary/aromatic N) is 5. The first-order valence-electron chi connectivity index (χ1n) is 7.97. The van der Waals surface area contributed by atoms with E-state index in [0.29, 0.717) is 11.6 Å². The van der Waals surface area contributed by atoms with Gasteiger partial charge in [-0.05, 0) is 24.5 Å². The van der Waals surface area contributed by atoms with Crippen molar-refractivity contribution in [2.75, 3.05) is 5.73 Å². The number of hydrogen-bond acceptors (Lipinski definition) is 5. The molecule has 1 radical (unpaired) electrons. The number of aryl methyl sites for hydroxylation is 2.